The van der Waals surface area contributed by atoms with Crippen molar-refractivity contribution in [1.82, 2.24) is 0 Å². The molecule has 2 aromatic heterocycles. The number of nitrogens with zero attached hydrogens (tertiary/aromatic N) is 2. The van der Waals surface area contributed by atoms with E-state index >= 15 is 0 Å². The number of rotatable bonds is 4. The number of furan rings is 2. The Balaban J connectivity index is 1.01. The van der Waals surface area contributed by atoms with Crippen LogP contribution in [0, 0.1) is 0 Å². The van der Waals surface area contributed by atoms with E-state index in [0.717, 1.165) is 60.7 Å². The lowest BCUT2D eigenvalue weighted by Gasteiger charge is -2.45. The van der Waals surface area contributed by atoms with Crippen LogP contribution < -0.4 is 26.2 Å². The fourth-order valence-electron chi connectivity index (χ4n) is 13.3. The van der Waals surface area contributed by atoms with Crippen LogP contribution in [0.2, 0.25) is 0 Å². The van der Waals surface area contributed by atoms with Gasteiger partial charge >= 0.3 is 0 Å². The van der Waals surface area contributed by atoms with Gasteiger partial charge in [-0.05, 0) is 156 Å². The molecule has 2 aliphatic heterocycles. The fourth-order valence-corrected chi connectivity index (χ4v) is 13.3. The van der Waals surface area contributed by atoms with Crippen LogP contribution in [0.1, 0.15) is 77.6 Å². The van der Waals surface area contributed by atoms with Crippen LogP contribution >= 0.6 is 0 Å². The molecule has 12 aromatic rings. The number of hydrogen-bond acceptors (Lipinski definition) is 4. The van der Waals surface area contributed by atoms with Crippen LogP contribution in [-0.4, -0.2) is 6.71 Å². The molecule has 4 heterocycles. The number of anilines is 6. The molecule has 0 N–H and O–H groups in total. The minimum Gasteiger partial charge on any atom is -0.456 e. The highest BCUT2D eigenvalue weighted by atomic mass is 16.3. The predicted octanol–water partition coefficient (Wildman–Crippen LogP) is 17.8. The fraction of sp³-hybridized carbons (Fsp3) is 0.155. The number of hydrogen-bond donors (Lipinski definition) is 0. The van der Waals surface area contributed by atoms with E-state index in [0.29, 0.717) is 0 Å². The van der Waals surface area contributed by atoms with Crippen molar-refractivity contribution >= 4 is 101 Å². The Labute approximate surface area is 444 Å². The van der Waals surface area contributed by atoms with Crippen molar-refractivity contribution in [3.05, 3.63) is 222 Å². The first-order valence-corrected chi connectivity index (χ1v) is 26.9. The molecule has 0 unspecified atom stereocenters. The van der Waals surface area contributed by atoms with Crippen LogP contribution in [0.15, 0.2) is 209 Å². The minimum absolute atomic E-state index is 0.0827. The summed E-state index contributed by atoms with van der Waals surface area (Å²) in [4.78, 5) is 5.17. The van der Waals surface area contributed by atoms with E-state index in [1.54, 1.807) is 0 Å². The number of fused-ring (bicyclic) bond motifs is 13. The van der Waals surface area contributed by atoms with Gasteiger partial charge in [0.2, 0.25) is 0 Å². The summed E-state index contributed by atoms with van der Waals surface area (Å²) in [6.07, 6.45) is 0. The zero-order chi connectivity index (χ0) is 51.6. The summed E-state index contributed by atoms with van der Waals surface area (Å²) in [5.41, 5.74) is 26.8. The van der Waals surface area contributed by atoms with Gasteiger partial charge in [-0.15, -0.1) is 0 Å². The van der Waals surface area contributed by atoms with E-state index in [1.165, 1.54) is 89.3 Å². The molecule has 0 atom stereocenters. The number of benzene rings is 10. The van der Waals surface area contributed by atoms with Gasteiger partial charge in [-0.3, -0.25) is 0 Å². The molecule has 76 heavy (non-hydrogen) atoms. The highest BCUT2D eigenvalue weighted by molar-refractivity contribution is 7.00. The van der Waals surface area contributed by atoms with E-state index in [9.17, 15) is 0 Å². The van der Waals surface area contributed by atoms with E-state index in [1.807, 2.05) is 6.07 Å². The van der Waals surface area contributed by atoms with Gasteiger partial charge in [0.15, 0.2) is 0 Å². The predicted molar refractivity (Wildman–Crippen MR) is 321 cm³/mol. The second-order valence-corrected chi connectivity index (χ2v) is 24.1. The molecule has 15 rings (SSSR count). The average molecular weight is 981 g/mol. The van der Waals surface area contributed by atoms with Crippen molar-refractivity contribution in [2.45, 2.75) is 71.6 Å². The van der Waals surface area contributed by atoms with Gasteiger partial charge < -0.3 is 18.6 Å². The Morgan fingerprint density at radius 2 is 0.882 bits per heavy atom. The zero-order valence-electron chi connectivity index (χ0n) is 44.3. The summed E-state index contributed by atoms with van der Waals surface area (Å²) >= 11 is 0. The molecule has 10 aromatic carbocycles. The molecule has 5 heteroatoms. The van der Waals surface area contributed by atoms with Crippen LogP contribution in [0.25, 0.3) is 77.3 Å². The van der Waals surface area contributed by atoms with Gasteiger partial charge in [0.05, 0.1) is 0 Å². The standard InChI is InChI=1S/C71H57BN2O2/c1-69(2,3)44-30-36-59-57(38-44)72-56-37-43(49-21-16-26-65-67(49)53-19-11-14-24-63(53)76-65)29-35-58(56)73(46-31-27-42(28-32-46)48-20-15-25-64-66(48)52-18-10-13-23-62(52)75-64)60-39-45(70(4,5)6)40-61(68(60)72)74(59)47-33-34-51-50-17-9-12-22-54(50)71(7,8)55(51)41-47/h9-41H,1-8H3. The largest absolute Gasteiger partial charge is 0.456 e. The highest BCUT2D eigenvalue weighted by Crippen LogP contribution is 2.53. The minimum atomic E-state index is -0.164. The van der Waals surface area contributed by atoms with Crippen LogP contribution in [-0.2, 0) is 16.2 Å². The third-order valence-electron chi connectivity index (χ3n) is 17.2. The molecule has 0 amide bonds. The summed E-state index contributed by atoms with van der Waals surface area (Å²) in [6.45, 7) is 18.8. The topological polar surface area (TPSA) is 32.8 Å². The van der Waals surface area contributed by atoms with Crippen LogP contribution in [0.5, 0.6) is 0 Å². The van der Waals surface area contributed by atoms with Gasteiger partial charge in [-0.1, -0.05) is 183 Å². The average Bonchev–Trinajstić information content (AvgIpc) is 4.21. The molecular formula is C71H57BN2O2. The Kier molecular flexibility index (Phi) is 9.31. The van der Waals surface area contributed by atoms with Gasteiger partial charge in [-0.2, -0.15) is 0 Å². The van der Waals surface area contributed by atoms with Crippen molar-refractivity contribution in [2.24, 2.45) is 0 Å². The van der Waals surface area contributed by atoms with Crippen LogP contribution in [0.3, 0.4) is 0 Å². The maximum absolute atomic E-state index is 6.52. The first kappa shape index (κ1) is 44.9. The molecule has 0 bridgehead atoms. The summed E-state index contributed by atoms with van der Waals surface area (Å²) in [7, 11) is 0. The summed E-state index contributed by atoms with van der Waals surface area (Å²) in [5.74, 6) is 0. The second kappa shape index (κ2) is 15.8. The SMILES string of the molecule is CC(C)(C)c1ccc2c(c1)B1c3cc(-c4cccc5oc6ccccc6c45)ccc3N(c3ccc(-c4cccc5oc6ccccc6c45)cc3)c3cc(C(C)(C)C)cc(c31)N2c1ccc2c(c1)C(C)(C)c1ccccc1-2. The van der Waals surface area contributed by atoms with Crippen molar-refractivity contribution in [3.8, 4) is 33.4 Å². The molecule has 0 saturated heterocycles. The molecule has 4 nitrogen and oxygen atoms in total. The molecule has 0 radical (unpaired) electrons. The van der Waals surface area contributed by atoms with Gasteiger partial charge in [0.1, 0.15) is 22.3 Å². The van der Waals surface area contributed by atoms with Gasteiger partial charge in [-0.25, -0.2) is 0 Å². The molecule has 0 spiro atoms. The monoisotopic (exact) mass is 980 g/mol. The molecular weight excluding hydrogens is 924 g/mol. The maximum Gasteiger partial charge on any atom is 0.252 e. The van der Waals surface area contributed by atoms with E-state index in [2.05, 4.69) is 259 Å². The van der Waals surface area contributed by atoms with Crippen LogP contribution in [0.4, 0.5) is 34.1 Å². The lowest BCUT2D eigenvalue weighted by Crippen LogP contribution is -2.61. The molecule has 1 aliphatic carbocycles. The quantitative estimate of drug-likeness (QED) is 0.165. The Bertz CT molecular complexity index is 4420. The highest BCUT2D eigenvalue weighted by Gasteiger charge is 2.45. The van der Waals surface area contributed by atoms with Crippen molar-refractivity contribution in [2.75, 3.05) is 9.80 Å². The first-order valence-electron chi connectivity index (χ1n) is 26.9. The maximum atomic E-state index is 6.52. The first-order chi connectivity index (χ1) is 36.7. The third-order valence-corrected chi connectivity index (χ3v) is 17.2. The zero-order valence-corrected chi connectivity index (χ0v) is 44.3. The normalized spacial score (nSPS) is 14.3. The smallest absolute Gasteiger partial charge is 0.252 e. The van der Waals surface area contributed by atoms with Crippen molar-refractivity contribution < 1.29 is 8.83 Å². The van der Waals surface area contributed by atoms with E-state index in [-0.39, 0.29) is 23.0 Å². The van der Waals surface area contributed by atoms with E-state index in [4.69, 9.17) is 8.83 Å². The molecule has 366 valence electrons. The summed E-state index contributed by atoms with van der Waals surface area (Å²) in [6, 6.07) is 74.9. The molecule has 3 aliphatic rings. The van der Waals surface area contributed by atoms with Crippen molar-refractivity contribution in [1.29, 1.82) is 0 Å². The lowest BCUT2D eigenvalue weighted by atomic mass is 9.33. The van der Waals surface area contributed by atoms with Gasteiger partial charge in [0.25, 0.3) is 6.71 Å². The summed E-state index contributed by atoms with van der Waals surface area (Å²) < 4.78 is 12.9. The Morgan fingerprint density at radius 1 is 0.382 bits per heavy atom. The third kappa shape index (κ3) is 6.44. The molecule has 0 fully saturated rings. The Hall–Kier alpha value is -8.54. The Morgan fingerprint density at radius 3 is 1.53 bits per heavy atom. The molecule has 0 saturated carbocycles. The number of para-hydroxylation sites is 2. The second-order valence-electron chi connectivity index (χ2n) is 24.1. The van der Waals surface area contributed by atoms with E-state index < -0.39 is 0 Å². The summed E-state index contributed by atoms with van der Waals surface area (Å²) in [5, 5.41) is 4.54. The van der Waals surface area contributed by atoms with Gasteiger partial charge in [0, 0.05) is 61.1 Å². The van der Waals surface area contributed by atoms with Crippen molar-refractivity contribution in [3.63, 3.8) is 0 Å². The lowest BCUT2D eigenvalue weighted by molar-refractivity contribution is 0.590.